The van der Waals surface area contributed by atoms with Crippen molar-refractivity contribution in [2.24, 2.45) is 5.92 Å². The van der Waals surface area contributed by atoms with Gasteiger partial charge >= 0.3 is 15.5 Å². The first kappa shape index (κ1) is 19.0. The molecule has 3 rings (SSSR count). The lowest BCUT2D eigenvalue weighted by Gasteiger charge is -2.24. The third kappa shape index (κ3) is 4.00. The Morgan fingerprint density at radius 3 is 2.63 bits per heavy atom. The predicted molar refractivity (Wildman–Crippen MR) is 90.2 cm³/mol. The van der Waals surface area contributed by atoms with Gasteiger partial charge in [-0.05, 0) is 42.3 Å². The molecule has 0 spiro atoms. The van der Waals surface area contributed by atoms with Crippen molar-refractivity contribution in [3.05, 3.63) is 53.6 Å². The number of carbonyl (C=O) groups is 1. The van der Waals surface area contributed by atoms with Gasteiger partial charge in [0.2, 0.25) is 0 Å². The zero-order valence-electron chi connectivity index (χ0n) is 13.7. The number of fused-ring (bicyclic) bond motifs is 1. The highest BCUT2D eigenvalue weighted by molar-refractivity contribution is 7.93. The largest absolute Gasteiger partial charge is 0.516 e. The number of anilines is 1. The first-order chi connectivity index (χ1) is 12.6. The lowest BCUT2D eigenvalue weighted by Crippen LogP contribution is -2.30. The molecular weight excluding hydrogens is 387 g/mol. The topological polar surface area (TPSA) is 92.7 Å². The minimum atomic E-state index is -5.53. The second-order valence-corrected chi connectivity index (χ2v) is 7.68. The van der Waals surface area contributed by atoms with Crippen molar-refractivity contribution in [3.63, 3.8) is 0 Å². The van der Waals surface area contributed by atoms with Crippen LogP contribution in [0.25, 0.3) is 0 Å². The summed E-state index contributed by atoms with van der Waals surface area (Å²) in [5, 5.41) is 9.53. The van der Waals surface area contributed by atoms with Gasteiger partial charge in [0.05, 0.1) is 18.1 Å². The van der Waals surface area contributed by atoms with Crippen molar-refractivity contribution in [3.8, 4) is 11.5 Å². The first-order valence-electron chi connectivity index (χ1n) is 7.75. The number of rotatable bonds is 4. The number of hydrogen-bond donors (Lipinski definition) is 2. The summed E-state index contributed by atoms with van der Waals surface area (Å²) in [5.41, 5.74) is -5.00. The molecule has 1 aliphatic rings. The minimum absolute atomic E-state index is 0.0646. The maximum absolute atomic E-state index is 12.6. The van der Waals surface area contributed by atoms with E-state index < -0.39 is 21.4 Å². The van der Waals surface area contributed by atoms with Gasteiger partial charge in [-0.15, -0.1) is 0 Å². The third-order valence-corrected chi connectivity index (χ3v) is 5.12. The molecule has 0 aliphatic carbocycles. The number of ether oxygens (including phenoxy) is 1. The smallest absolute Gasteiger partial charge is 0.508 e. The molecule has 144 valence electrons. The molecule has 0 amide bonds. The average Bonchev–Trinajstić information content (AvgIpc) is 2.57. The van der Waals surface area contributed by atoms with Crippen LogP contribution < -0.4 is 9.46 Å². The van der Waals surface area contributed by atoms with Crippen molar-refractivity contribution in [1.82, 2.24) is 0 Å². The molecule has 6 nitrogen and oxygen atoms in total. The van der Waals surface area contributed by atoms with Gasteiger partial charge in [-0.3, -0.25) is 9.52 Å². The standard InChI is InChI=1S/C17H14F3NO5S/c18-17(19,20)27(24,25)21-12-3-1-2-10(7-12)6-11-9-26-15-5-4-13(22)8-14(15)16(11)23/h1-5,7-8,11,21-22H,6,9H2. The van der Waals surface area contributed by atoms with Gasteiger partial charge in [0.15, 0.2) is 5.78 Å². The zero-order chi connectivity index (χ0) is 19.8. The van der Waals surface area contributed by atoms with E-state index in [1.54, 1.807) is 6.07 Å². The molecule has 10 heteroatoms. The van der Waals surface area contributed by atoms with Crippen LogP contribution in [0.15, 0.2) is 42.5 Å². The van der Waals surface area contributed by atoms with E-state index in [9.17, 15) is 31.5 Å². The number of benzene rings is 2. The summed E-state index contributed by atoms with van der Waals surface area (Å²) >= 11 is 0. The number of sulfonamides is 1. The molecule has 2 aromatic rings. The third-order valence-electron chi connectivity index (χ3n) is 4.01. The van der Waals surface area contributed by atoms with Crippen molar-refractivity contribution in [2.45, 2.75) is 11.9 Å². The summed E-state index contributed by atoms with van der Waals surface area (Å²) < 4.78 is 66.8. The minimum Gasteiger partial charge on any atom is -0.508 e. The van der Waals surface area contributed by atoms with Gasteiger partial charge in [-0.25, -0.2) is 0 Å². The van der Waals surface area contributed by atoms with E-state index in [0.29, 0.717) is 11.3 Å². The highest BCUT2D eigenvalue weighted by Crippen LogP contribution is 2.32. The Balaban J connectivity index is 1.78. The SMILES string of the molecule is O=C1c2cc(O)ccc2OCC1Cc1cccc(NS(=O)(=O)C(F)(F)F)c1. The molecule has 2 N–H and O–H groups in total. The molecular formula is C17H14F3NO5S. The number of hydrogen-bond acceptors (Lipinski definition) is 5. The maximum atomic E-state index is 12.6. The monoisotopic (exact) mass is 401 g/mol. The Kier molecular flexibility index (Phi) is 4.77. The molecule has 0 aromatic heterocycles. The van der Waals surface area contributed by atoms with Gasteiger partial charge in [0.25, 0.3) is 0 Å². The lowest BCUT2D eigenvalue weighted by atomic mass is 9.89. The number of halogens is 3. The van der Waals surface area contributed by atoms with Crippen LogP contribution in [0, 0.1) is 5.92 Å². The Bertz CT molecular complexity index is 988. The Hall–Kier alpha value is -2.75. The van der Waals surface area contributed by atoms with Crippen LogP contribution in [0.3, 0.4) is 0 Å². The fourth-order valence-electron chi connectivity index (χ4n) is 2.73. The van der Waals surface area contributed by atoms with Crippen molar-refractivity contribution in [1.29, 1.82) is 0 Å². The molecule has 27 heavy (non-hydrogen) atoms. The van der Waals surface area contributed by atoms with Crippen molar-refractivity contribution < 1.29 is 36.2 Å². The molecule has 0 saturated carbocycles. The number of aromatic hydroxyl groups is 1. The molecule has 1 heterocycles. The van der Waals surface area contributed by atoms with Crippen LogP contribution in [-0.2, 0) is 16.4 Å². The van der Waals surface area contributed by atoms with Gasteiger partial charge in [0.1, 0.15) is 11.5 Å². The zero-order valence-corrected chi connectivity index (χ0v) is 14.5. The summed E-state index contributed by atoms with van der Waals surface area (Å²) in [6.07, 6.45) is 0.134. The molecule has 0 saturated heterocycles. The number of phenolic OH excluding ortho intramolecular Hbond substituents is 1. The summed E-state index contributed by atoms with van der Waals surface area (Å²) in [6, 6.07) is 9.52. The fraction of sp³-hybridized carbons (Fsp3) is 0.235. The molecule has 0 bridgehead atoms. The quantitative estimate of drug-likeness (QED) is 0.821. The number of carbonyl (C=O) groups excluding carboxylic acids is 1. The van der Waals surface area contributed by atoms with Crippen LogP contribution in [0.2, 0.25) is 0 Å². The van der Waals surface area contributed by atoms with Gasteiger partial charge in [0, 0.05) is 5.69 Å². The second-order valence-electron chi connectivity index (χ2n) is 6.01. The highest BCUT2D eigenvalue weighted by Gasteiger charge is 2.46. The molecule has 1 atom stereocenters. The number of ketones is 1. The van der Waals surface area contributed by atoms with E-state index in [0.717, 1.165) is 0 Å². The lowest BCUT2D eigenvalue weighted by molar-refractivity contribution is -0.0429. The normalized spacial score (nSPS) is 17.1. The summed E-state index contributed by atoms with van der Waals surface area (Å²) in [6.45, 7) is 0.0646. The van der Waals surface area contributed by atoms with Gasteiger partial charge in [-0.2, -0.15) is 21.6 Å². The van der Waals surface area contributed by atoms with Crippen LogP contribution in [-0.4, -0.2) is 31.4 Å². The van der Waals surface area contributed by atoms with Crippen LogP contribution in [0.1, 0.15) is 15.9 Å². The van der Waals surface area contributed by atoms with E-state index in [1.165, 1.54) is 41.1 Å². The van der Waals surface area contributed by atoms with E-state index in [4.69, 9.17) is 4.74 Å². The maximum Gasteiger partial charge on any atom is 0.516 e. The molecule has 0 radical (unpaired) electrons. The van der Waals surface area contributed by atoms with Gasteiger partial charge < -0.3 is 9.84 Å². The average molecular weight is 401 g/mol. The molecule has 2 aromatic carbocycles. The fourth-order valence-corrected chi connectivity index (χ4v) is 3.29. The van der Waals surface area contributed by atoms with Gasteiger partial charge in [-0.1, -0.05) is 12.1 Å². The van der Waals surface area contributed by atoms with Crippen LogP contribution in [0.4, 0.5) is 18.9 Å². The van der Waals surface area contributed by atoms with Crippen LogP contribution in [0.5, 0.6) is 11.5 Å². The highest BCUT2D eigenvalue weighted by atomic mass is 32.2. The van der Waals surface area contributed by atoms with E-state index >= 15 is 0 Å². The van der Waals surface area contributed by atoms with Crippen molar-refractivity contribution in [2.75, 3.05) is 11.3 Å². The Morgan fingerprint density at radius 2 is 1.93 bits per heavy atom. The summed E-state index contributed by atoms with van der Waals surface area (Å²) in [4.78, 5) is 12.6. The summed E-state index contributed by atoms with van der Waals surface area (Å²) in [7, 11) is -5.53. The van der Waals surface area contributed by atoms with Crippen LogP contribution >= 0.6 is 0 Å². The number of alkyl halides is 3. The molecule has 0 fully saturated rings. The second kappa shape index (κ2) is 6.76. The van der Waals surface area contributed by atoms with E-state index in [-0.39, 0.29) is 35.8 Å². The Morgan fingerprint density at radius 1 is 1.19 bits per heavy atom. The number of nitrogens with one attached hydrogen (secondary N) is 1. The van der Waals surface area contributed by atoms with E-state index in [2.05, 4.69) is 0 Å². The van der Waals surface area contributed by atoms with E-state index in [1.807, 2.05) is 0 Å². The predicted octanol–water partition coefficient (Wildman–Crippen LogP) is 3.09. The number of phenols is 1. The van der Waals surface area contributed by atoms with Crippen molar-refractivity contribution >= 4 is 21.5 Å². The first-order valence-corrected chi connectivity index (χ1v) is 9.23. The molecule has 1 unspecified atom stereocenters. The number of Topliss-reactive ketones (excluding diaryl/α,β-unsaturated/α-hetero) is 1. The summed E-state index contributed by atoms with van der Waals surface area (Å²) in [5.74, 6) is -0.627. The molecule has 1 aliphatic heterocycles. The Labute approximate surface area is 152 Å².